The molecule has 19 heavy (non-hydrogen) atoms. The fourth-order valence-corrected chi connectivity index (χ4v) is 5.40. The van der Waals surface area contributed by atoms with E-state index in [0.29, 0.717) is 17.3 Å². The lowest BCUT2D eigenvalue weighted by molar-refractivity contribution is -0.158. The molecule has 0 heterocycles. The molecule has 0 aromatic heterocycles. The number of carbonyl (C=O) groups is 2. The van der Waals surface area contributed by atoms with Crippen molar-refractivity contribution in [1.29, 1.82) is 0 Å². The average Bonchev–Trinajstić information content (AvgIpc) is 2.24. The van der Waals surface area contributed by atoms with Gasteiger partial charge in [0.05, 0.1) is 5.41 Å². The van der Waals surface area contributed by atoms with E-state index in [2.05, 4.69) is 12.2 Å². The van der Waals surface area contributed by atoms with E-state index >= 15 is 0 Å². The predicted molar refractivity (Wildman–Crippen MR) is 70.5 cm³/mol. The number of aliphatic carboxylic acids is 1. The number of hydrogen-bond acceptors (Lipinski definition) is 2. The Labute approximate surface area is 113 Å². The van der Waals surface area contributed by atoms with Gasteiger partial charge >= 0.3 is 5.97 Å². The quantitative estimate of drug-likeness (QED) is 0.822. The summed E-state index contributed by atoms with van der Waals surface area (Å²) in [6, 6.07) is -0.784. The van der Waals surface area contributed by atoms with Crippen LogP contribution in [0.3, 0.4) is 0 Å². The molecular weight excluding hydrogens is 242 g/mol. The summed E-state index contributed by atoms with van der Waals surface area (Å²) in [4.78, 5) is 23.5. The van der Waals surface area contributed by atoms with Gasteiger partial charge in [0.2, 0.25) is 5.91 Å². The zero-order valence-electron chi connectivity index (χ0n) is 11.7. The average molecular weight is 265 g/mol. The number of nitrogens with one attached hydrogen (secondary N) is 1. The minimum absolute atomic E-state index is 0.0114. The largest absolute Gasteiger partial charge is 0.480 e. The minimum atomic E-state index is -0.954. The van der Waals surface area contributed by atoms with Gasteiger partial charge < -0.3 is 10.4 Å². The second-order valence-electron chi connectivity index (χ2n) is 7.59. The maximum absolute atomic E-state index is 12.6. The number of hydrogen-bond donors (Lipinski definition) is 2. The summed E-state index contributed by atoms with van der Waals surface area (Å²) >= 11 is 0. The summed E-state index contributed by atoms with van der Waals surface area (Å²) in [6.45, 7) is 3.86. The maximum atomic E-state index is 12.6. The van der Waals surface area contributed by atoms with Crippen LogP contribution in [0.15, 0.2) is 0 Å². The van der Waals surface area contributed by atoms with Gasteiger partial charge in [-0.2, -0.15) is 0 Å². The highest BCUT2D eigenvalue weighted by molar-refractivity contribution is 5.87. The maximum Gasteiger partial charge on any atom is 0.325 e. The Morgan fingerprint density at radius 1 is 1.21 bits per heavy atom. The van der Waals surface area contributed by atoms with Crippen molar-refractivity contribution in [2.24, 2.45) is 22.7 Å². The smallest absolute Gasteiger partial charge is 0.325 e. The third-order valence-electron chi connectivity index (χ3n) is 5.55. The van der Waals surface area contributed by atoms with Gasteiger partial charge in [-0.1, -0.05) is 6.92 Å². The molecule has 0 spiro atoms. The number of amides is 1. The zero-order valence-corrected chi connectivity index (χ0v) is 11.7. The Hall–Kier alpha value is -1.06. The van der Waals surface area contributed by atoms with Crippen molar-refractivity contribution in [1.82, 2.24) is 5.32 Å². The number of rotatable bonds is 3. The molecule has 4 aliphatic rings. The van der Waals surface area contributed by atoms with E-state index in [1.807, 2.05) is 0 Å². The molecule has 4 rings (SSSR count). The Balaban J connectivity index is 1.80. The van der Waals surface area contributed by atoms with E-state index in [9.17, 15) is 9.59 Å². The summed E-state index contributed by atoms with van der Waals surface area (Å²) in [5, 5.41) is 11.7. The third-order valence-corrected chi connectivity index (χ3v) is 5.55. The van der Waals surface area contributed by atoms with Crippen LogP contribution in [-0.4, -0.2) is 23.0 Å². The van der Waals surface area contributed by atoms with Crippen LogP contribution >= 0.6 is 0 Å². The molecule has 0 aromatic rings. The number of carboxylic acid groups (broad SMARTS) is 1. The summed E-state index contributed by atoms with van der Waals surface area (Å²) in [5.74, 6) is 0.390. The van der Waals surface area contributed by atoms with E-state index < -0.39 is 12.0 Å². The molecule has 0 aromatic carbocycles. The van der Waals surface area contributed by atoms with Gasteiger partial charge in [-0.25, -0.2) is 0 Å². The second-order valence-corrected chi connectivity index (χ2v) is 7.59. The van der Waals surface area contributed by atoms with Crippen LogP contribution in [0, 0.1) is 22.7 Å². The van der Waals surface area contributed by atoms with Gasteiger partial charge in [0.15, 0.2) is 0 Å². The van der Waals surface area contributed by atoms with Crippen molar-refractivity contribution in [3.8, 4) is 0 Å². The molecule has 4 saturated carbocycles. The van der Waals surface area contributed by atoms with Crippen LogP contribution in [0.1, 0.15) is 52.4 Å². The van der Waals surface area contributed by atoms with E-state index in [4.69, 9.17) is 5.11 Å². The normalized spacial score (nSPS) is 44.9. The van der Waals surface area contributed by atoms with Crippen molar-refractivity contribution in [3.63, 3.8) is 0 Å². The Bertz CT molecular complexity index is 417. The Morgan fingerprint density at radius 3 is 2.26 bits per heavy atom. The van der Waals surface area contributed by atoms with E-state index in [1.54, 1.807) is 6.92 Å². The highest BCUT2D eigenvalue weighted by atomic mass is 16.4. The van der Waals surface area contributed by atoms with Crippen LogP contribution in [0.5, 0.6) is 0 Å². The molecule has 0 saturated heterocycles. The van der Waals surface area contributed by atoms with Gasteiger partial charge in [0, 0.05) is 0 Å². The molecule has 4 heteroatoms. The summed E-state index contributed by atoms with van der Waals surface area (Å²) in [6.07, 6.45) is 6.68. The van der Waals surface area contributed by atoms with Crippen LogP contribution in [0.2, 0.25) is 0 Å². The molecule has 3 unspecified atom stereocenters. The Morgan fingerprint density at radius 2 is 1.79 bits per heavy atom. The van der Waals surface area contributed by atoms with Crippen LogP contribution < -0.4 is 5.32 Å². The number of carboxylic acids is 1. The lowest BCUT2D eigenvalue weighted by Crippen LogP contribution is -2.58. The summed E-state index contributed by atoms with van der Waals surface area (Å²) in [5.41, 5.74) is 0.0381. The van der Waals surface area contributed by atoms with Crippen LogP contribution in [0.25, 0.3) is 0 Å². The van der Waals surface area contributed by atoms with E-state index in [0.717, 1.165) is 19.3 Å². The molecule has 0 aliphatic heterocycles. The van der Waals surface area contributed by atoms with Crippen molar-refractivity contribution >= 4 is 11.9 Å². The molecular formula is C15H23NO3. The van der Waals surface area contributed by atoms with E-state index in [-0.39, 0.29) is 11.3 Å². The molecule has 0 radical (unpaired) electrons. The fraction of sp³-hybridized carbons (Fsp3) is 0.867. The van der Waals surface area contributed by atoms with Crippen molar-refractivity contribution in [2.75, 3.05) is 0 Å². The van der Waals surface area contributed by atoms with Crippen LogP contribution in [-0.2, 0) is 9.59 Å². The lowest BCUT2D eigenvalue weighted by Gasteiger charge is -2.60. The van der Waals surface area contributed by atoms with Crippen LogP contribution in [0.4, 0.5) is 0 Å². The first-order valence-corrected chi connectivity index (χ1v) is 7.36. The van der Waals surface area contributed by atoms with Gasteiger partial charge in [-0.05, 0) is 62.7 Å². The topological polar surface area (TPSA) is 66.4 Å². The molecule has 3 atom stereocenters. The highest BCUT2D eigenvalue weighted by Gasteiger charge is 2.58. The molecule has 4 aliphatic carbocycles. The zero-order chi connectivity index (χ0) is 13.8. The lowest BCUT2D eigenvalue weighted by atomic mass is 9.44. The van der Waals surface area contributed by atoms with Gasteiger partial charge in [0.1, 0.15) is 6.04 Å². The van der Waals surface area contributed by atoms with E-state index in [1.165, 1.54) is 19.3 Å². The monoisotopic (exact) mass is 265 g/mol. The van der Waals surface area contributed by atoms with Crippen molar-refractivity contribution in [3.05, 3.63) is 0 Å². The SMILES string of the molecule is CC(NC(=O)C12CC3CC(CC(C)(C3)C1)C2)C(=O)O. The second kappa shape index (κ2) is 3.97. The van der Waals surface area contributed by atoms with Gasteiger partial charge in [-0.15, -0.1) is 0 Å². The standard InChI is InChI=1S/C15H23NO3/c1-9(12(17)18)16-13(19)15-6-10-3-11(7-15)5-14(2,4-10)8-15/h9-11H,3-8H2,1-2H3,(H,16,19)(H,17,18). The first kappa shape index (κ1) is 12.9. The Kier molecular flexibility index (Phi) is 2.70. The predicted octanol–water partition coefficient (Wildman–Crippen LogP) is 2.18. The van der Waals surface area contributed by atoms with Crippen molar-refractivity contribution in [2.45, 2.75) is 58.4 Å². The summed E-state index contributed by atoms with van der Waals surface area (Å²) < 4.78 is 0. The first-order chi connectivity index (χ1) is 8.82. The minimum Gasteiger partial charge on any atom is -0.480 e. The van der Waals surface area contributed by atoms with Gasteiger partial charge in [0.25, 0.3) is 0 Å². The molecule has 106 valence electrons. The summed E-state index contributed by atoms with van der Waals surface area (Å²) in [7, 11) is 0. The fourth-order valence-electron chi connectivity index (χ4n) is 5.40. The third kappa shape index (κ3) is 2.05. The van der Waals surface area contributed by atoms with Crippen molar-refractivity contribution < 1.29 is 14.7 Å². The molecule has 4 nitrogen and oxygen atoms in total. The van der Waals surface area contributed by atoms with Gasteiger partial charge in [-0.3, -0.25) is 9.59 Å². The molecule has 1 amide bonds. The molecule has 4 bridgehead atoms. The highest BCUT2D eigenvalue weighted by Crippen LogP contribution is 2.65. The molecule has 2 N–H and O–H groups in total. The molecule has 4 fully saturated rings. The number of carbonyl (C=O) groups excluding carboxylic acids is 1. The first-order valence-electron chi connectivity index (χ1n) is 7.36.